The van der Waals surface area contributed by atoms with Crippen molar-refractivity contribution < 1.29 is 5.11 Å². The van der Waals surface area contributed by atoms with E-state index < -0.39 is 0 Å². The van der Waals surface area contributed by atoms with Gasteiger partial charge in [0.05, 0.1) is 0 Å². The Kier molecular flexibility index (Phi) is 4.36. The number of hydrogen-bond acceptors (Lipinski definition) is 4. The molecular formula is C13H21N3O2. The first-order valence-corrected chi connectivity index (χ1v) is 6.66. The predicted octanol–water partition coefficient (Wildman–Crippen LogP) is 1.08. The van der Waals surface area contributed by atoms with Crippen LogP contribution in [0.3, 0.4) is 0 Å². The van der Waals surface area contributed by atoms with Crippen molar-refractivity contribution in [2.24, 2.45) is 11.8 Å². The number of aliphatic hydroxyl groups is 1. The van der Waals surface area contributed by atoms with Crippen molar-refractivity contribution >= 4 is 5.82 Å². The summed E-state index contributed by atoms with van der Waals surface area (Å²) in [6, 6.07) is 0. The highest BCUT2D eigenvalue weighted by atomic mass is 16.3. The number of rotatable bonds is 5. The van der Waals surface area contributed by atoms with Crippen molar-refractivity contribution in [2.75, 3.05) is 18.5 Å². The largest absolute Gasteiger partial charge is 0.396 e. The second-order valence-corrected chi connectivity index (χ2v) is 4.88. The molecule has 2 unspecified atom stereocenters. The lowest BCUT2D eigenvalue weighted by molar-refractivity contribution is 0.199. The summed E-state index contributed by atoms with van der Waals surface area (Å²) in [5.74, 6) is 1.24. The van der Waals surface area contributed by atoms with E-state index in [0.717, 1.165) is 19.4 Å². The Morgan fingerprint density at radius 2 is 2.28 bits per heavy atom. The van der Waals surface area contributed by atoms with E-state index in [2.05, 4.69) is 10.3 Å². The number of aliphatic hydroxyl groups excluding tert-OH is 1. The lowest BCUT2D eigenvalue weighted by Crippen LogP contribution is -2.27. The molecule has 1 fully saturated rings. The van der Waals surface area contributed by atoms with Crippen LogP contribution in [-0.2, 0) is 6.54 Å². The summed E-state index contributed by atoms with van der Waals surface area (Å²) >= 11 is 0. The molecule has 0 saturated heterocycles. The Bertz CT molecular complexity index is 444. The molecule has 0 aromatic carbocycles. The van der Waals surface area contributed by atoms with Gasteiger partial charge in [-0.15, -0.1) is 0 Å². The third-order valence-electron chi connectivity index (χ3n) is 3.84. The van der Waals surface area contributed by atoms with Crippen LogP contribution in [0.4, 0.5) is 5.82 Å². The van der Waals surface area contributed by atoms with Gasteiger partial charge in [0.25, 0.3) is 5.56 Å². The molecule has 0 amide bonds. The van der Waals surface area contributed by atoms with Crippen LogP contribution < -0.4 is 10.9 Å². The highest BCUT2D eigenvalue weighted by molar-refractivity contribution is 5.30. The molecule has 5 nitrogen and oxygen atoms in total. The summed E-state index contributed by atoms with van der Waals surface area (Å²) in [7, 11) is 0. The molecule has 5 heteroatoms. The van der Waals surface area contributed by atoms with Gasteiger partial charge < -0.3 is 15.0 Å². The maximum Gasteiger partial charge on any atom is 0.293 e. The number of hydrogen-bond donors (Lipinski definition) is 2. The van der Waals surface area contributed by atoms with Crippen LogP contribution in [0, 0.1) is 11.8 Å². The van der Waals surface area contributed by atoms with Crippen molar-refractivity contribution in [1.82, 2.24) is 9.55 Å². The standard InChI is InChI=1S/C13H21N3O2/c1-2-16-7-6-14-12(13(16)18)15-8-10-4-3-5-11(10)9-17/h6-7,10-11,17H,2-5,8-9H2,1H3,(H,14,15). The van der Waals surface area contributed by atoms with Gasteiger partial charge in [-0.05, 0) is 31.6 Å². The van der Waals surface area contributed by atoms with Gasteiger partial charge in [0.15, 0.2) is 5.82 Å². The first kappa shape index (κ1) is 13.1. The van der Waals surface area contributed by atoms with Crippen molar-refractivity contribution in [1.29, 1.82) is 0 Å². The monoisotopic (exact) mass is 251 g/mol. The number of nitrogens with zero attached hydrogens (tertiary/aromatic N) is 2. The van der Waals surface area contributed by atoms with Gasteiger partial charge in [-0.2, -0.15) is 0 Å². The summed E-state index contributed by atoms with van der Waals surface area (Å²) < 4.78 is 1.63. The molecule has 0 bridgehead atoms. The number of aromatic nitrogens is 2. The molecule has 2 N–H and O–H groups in total. The lowest BCUT2D eigenvalue weighted by Gasteiger charge is -2.18. The molecule has 2 rings (SSSR count). The van der Waals surface area contributed by atoms with Gasteiger partial charge >= 0.3 is 0 Å². The summed E-state index contributed by atoms with van der Waals surface area (Å²) in [6.45, 7) is 3.55. The topological polar surface area (TPSA) is 67.2 Å². The van der Waals surface area contributed by atoms with Crippen LogP contribution in [0.25, 0.3) is 0 Å². The summed E-state index contributed by atoms with van der Waals surface area (Å²) in [6.07, 6.45) is 6.71. The average molecular weight is 251 g/mol. The van der Waals surface area contributed by atoms with Gasteiger partial charge in [-0.1, -0.05) is 6.42 Å². The SMILES string of the molecule is CCn1ccnc(NCC2CCCC2CO)c1=O. The molecule has 100 valence electrons. The Labute approximate surface area is 107 Å². The summed E-state index contributed by atoms with van der Waals surface area (Å²) in [5, 5.41) is 12.4. The minimum Gasteiger partial charge on any atom is -0.396 e. The van der Waals surface area contributed by atoms with E-state index in [-0.39, 0.29) is 12.2 Å². The molecule has 1 aliphatic rings. The van der Waals surface area contributed by atoms with Crippen LogP contribution in [0.15, 0.2) is 17.2 Å². The molecule has 1 heterocycles. The molecule has 0 aliphatic heterocycles. The van der Waals surface area contributed by atoms with E-state index in [0.29, 0.717) is 24.2 Å². The number of anilines is 1. The van der Waals surface area contributed by atoms with Crippen molar-refractivity contribution in [2.45, 2.75) is 32.7 Å². The average Bonchev–Trinajstić information content (AvgIpc) is 2.85. The van der Waals surface area contributed by atoms with Crippen LogP contribution >= 0.6 is 0 Å². The van der Waals surface area contributed by atoms with E-state index in [1.54, 1.807) is 17.0 Å². The van der Waals surface area contributed by atoms with Gasteiger partial charge in [0, 0.05) is 32.1 Å². The van der Waals surface area contributed by atoms with Crippen molar-refractivity contribution in [3.63, 3.8) is 0 Å². The highest BCUT2D eigenvalue weighted by Crippen LogP contribution is 2.31. The zero-order valence-electron chi connectivity index (χ0n) is 10.8. The Balaban J connectivity index is 2.00. The molecule has 18 heavy (non-hydrogen) atoms. The molecule has 1 aromatic rings. The molecule has 1 aromatic heterocycles. The van der Waals surface area contributed by atoms with Crippen LogP contribution in [0.2, 0.25) is 0 Å². The minimum atomic E-state index is -0.0708. The maximum atomic E-state index is 11.9. The molecule has 0 spiro atoms. The van der Waals surface area contributed by atoms with E-state index in [9.17, 15) is 9.90 Å². The predicted molar refractivity (Wildman–Crippen MR) is 70.6 cm³/mol. The van der Waals surface area contributed by atoms with E-state index in [1.807, 2.05) is 6.92 Å². The first-order valence-electron chi connectivity index (χ1n) is 6.66. The fourth-order valence-electron chi connectivity index (χ4n) is 2.67. The smallest absolute Gasteiger partial charge is 0.293 e. The minimum absolute atomic E-state index is 0.0708. The fraction of sp³-hybridized carbons (Fsp3) is 0.692. The maximum absolute atomic E-state index is 11.9. The van der Waals surface area contributed by atoms with Crippen molar-refractivity contribution in [3.8, 4) is 0 Å². The quantitative estimate of drug-likeness (QED) is 0.822. The molecule has 1 aliphatic carbocycles. The van der Waals surface area contributed by atoms with Crippen molar-refractivity contribution in [3.05, 3.63) is 22.7 Å². The Hall–Kier alpha value is -1.36. The Morgan fingerprint density at radius 3 is 3.00 bits per heavy atom. The summed E-state index contributed by atoms with van der Waals surface area (Å²) in [5.41, 5.74) is -0.0708. The zero-order chi connectivity index (χ0) is 13.0. The zero-order valence-corrected chi connectivity index (χ0v) is 10.8. The third-order valence-corrected chi connectivity index (χ3v) is 3.84. The Morgan fingerprint density at radius 1 is 1.50 bits per heavy atom. The third kappa shape index (κ3) is 2.72. The summed E-state index contributed by atoms with van der Waals surface area (Å²) in [4.78, 5) is 16.0. The van der Waals surface area contributed by atoms with Crippen LogP contribution in [-0.4, -0.2) is 27.8 Å². The van der Waals surface area contributed by atoms with Crippen LogP contribution in [0.5, 0.6) is 0 Å². The van der Waals surface area contributed by atoms with Crippen LogP contribution in [0.1, 0.15) is 26.2 Å². The first-order chi connectivity index (χ1) is 8.76. The normalized spacial score (nSPS) is 23.2. The fourth-order valence-corrected chi connectivity index (χ4v) is 2.67. The van der Waals surface area contributed by atoms with Gasteiger partial charge in [0.2, 0.25) is 0 Å². The second-order valence-electron chi connectivity index (χ2n) is 4.88. The van der Waals surface area contributed by atoms with Gasteiger partial charge in [0.1, 0.15) is 0 Å². The number of nitrogens with one attached hydrogen (secondary N) is 1. The highest BCUT2D eigenvalue weighted by Gasteiger charge is 2.26. The molecule has 2 atom stereocenters. The second kappa shape index (κ2) is 6.00. The molecular weight excluding hydrogens is 230 g/mol. The van der Waals surface area contributed by atoms with E-state index >= 15 is 0 Å². The van der Waals surface area contributed by atoms with Gasteiger partial charge in [-0.3, -0.25) is 4.79 Å². The van der Waals surface area contributed by atoms with E-state index in [1.165, 1.54) is 6.42 Å². The number of aryl methyl sites for hydroxylation is 1. The molecule has 1 saturated carbocycles. The van der Waals surface area contributed by atoms with Gasteiger partial charge in [-0.25, -0.2) is 4.98 Å². The lowest BCUT2D eigenvalue weighted by atomic mass is 9.97. The van der Waals surface area contributed by atoms with E-state index in [4.69, 9.17) is 0 Å². The molecule has 0 radical (unpaired) electrons.